The molecule has 17 heavy (non-hydrogen) atoms. The van der Waals surface area contributed by atoms with Gasteiger partial charge in [0.25, 0.3) is 5.56 Å². The first-order chi connectivity index (χ1) is 8.16. The Bertz CT molecular complexity index is 629. The molecule has 0 aliphatic heterocycles. The molecule has 0 saturated heterocycles. The minimum Gasteiger partial charge on any atom is -0.309 e. The molecule has 1 aliphatic carbocycles. The lowest BCUT2D eigenvalue weighted by molar-refractivity contribution is 0.700. The molecule has 90 valence electrons. The summed E-state index contributed by atoms with van der Waals surface area (Å²) in [6, 6.07) is 0. The van der Waals surface area contributed by atoms with Gasteiger partial charge >= 0.3 is 0 Å². The minimum absolute atomic E-state index is 0.0306. The zero-order valence-corrected chi connectivity index (χ0v) is 11.1. The second-order valence-corrected chi connectivity index (χ2v) is 6.20. The molecular formula is C12H13ClN2OS. The number of fused-ring (bicyclic) bond motifs is 3. The normalized spacial score (nSPS) is 17.1. The van der Waals surface area contributed by atoms with Crippen LogP contribution >= 0.6 is 22.9 Å². The summed E-state index contributed by atoms with van der Waals surface area (Å²) in [5.41, 5.74) is 1.19. The number of aromatic nitrogens is 2. The van der Waals surface area contributed by atoms with Gasteiger partial charge in [-0.3, -0.25) is 4.79 Å². The van der Waals surface area contributed by atoms with E-state index in [4.69, 9.17) is 11.6 Å². The fourth-order valence-corrected chi connectivity index (χ4v) is 3.74. The molecule has 3 nitrogen and oxygen atoms in total. The van der Waals surface area contributed by atoms with E-state index in [1.54, 1.807) is 11.3 Å². The van der Waals surface area contributed by atoms with Crippen LogP contribution in [0.4, 0.5) is 0 Å². The topological polar surface area (TPSA) is 45.8 Å². The van der Waals surface area contributed by atoms with Crippen LogP contribution in [0.1, 0.15) is 41.4 Å². The van der Waals surface area contributed by atoms with E-state index >= 15 is 0 Å². The summed E-state index contributed by atoms with van der Waals surface area (Å²) in [5, 5.41) is 0.539. The fraction of sp³-hybridized carbons (Fsp3) is 0.500. The van der Waals surface area contributed by atoms with Crippen molar-refractivity contribution in [3.05, 3.63) is 26.6 Å². The van der Waals surface area contributed by atoms with Crippen LogP contribution in [-0.2, 0) is 12.8 Å². The lowest BCUT2D eigenvalue weighted by Gasteiger charge is -2.09. The number of aromatic amines is 1. The molecule has 1 N–H and O–H groups in total. The van der Waals surface area contributed by atoms with Gasteiger partial charge in [0.2, 0.25) is 0 Å². The highest BCUT2D eigenvalue weighted by molar-refractivity contribution is 7.18. The van der Waals surface area contributed by atoms with Gasteiger partial charge in [0.15, 0.2) is 0 Å². The van der Waals surface area contributed by atoms with E-state index in [9.17, 15) is 4.79 Å². The maximum atomic E-state index is 12.1. The number of thiophene rings is 1. The average molecular weight is 269 g/mol. The molecular weight excluding hydrogens is 256 g/mol. The molecule has 2 aromatic rings. The summed E-state index contributed by atoms with van der Waals surface area (Å²) in [4.78, 5) is 21.5. The van der Waals surface area contributed by atoms with Crippen molar-refractivity contribution in [2.45, 2.75) is 38.0 Å². The zero-order chi connectivity index (χ0) is 12.0. The van der Waals surface area contributed by atoms with Gasteiger partial charge in [0.1, 0.15) is 10.7 Å². The van der Waals surface area contributed by atoms with E-state index in [0.717, 1.165) is 23.1 Å². The quantitative estimate of drug-likeness (QED) is 0.808. The van der Waals surface area contributed by atoms with Crippen molar-refractivity contribution in [3.8, 4) is 0 Å². The molecule has 0 fully saturated rings. The monoisotopic (exact) mass is 268 g/mol. The van der Waals surface area contributed by atoms with E-state index in [-0.39, 0.29) is 10.9 Å². The Morgan fingerprint density at radius 3 is 2.94 bits per heavy atom. The van der Waals surface area contributed by atoms with E-state index < -0.39 is 0 Å². The molecule has 0 bridgehead atoms. The summed E-state index contributed by atoms with van der Waals surface area (Å²) in [5.74, 6) is 0.572. The van der Waals surface area contributed by atoms with Crippen LogP contribution in [0.15, 0.2) is 4.79 Å². The molecule has 1 atom stereocenters. The highest BCUT2D eigenvalue weighted by Gasteiger charge is 2.20. The number of alkyl halides is 1. The number of nitrogens with zero attached hydrogens (tertiary/aromatic N) is 1. The molecule has 0 amide bonds. The van der Waals surface area contributed by atoms with E-state index in [2.05, 4.69) is 9.97 Å². The third kappa shape index (κ3) is 1.79. The van der Waals surface area contributed by atoms with E-state index in [0.29, 0.717) is 5.82 Å². The maximum absolute atomic E-state index is 12.1. The van der Waals surface area contributed by atoms with Crippen molar-refractivity contribution in [3.63, 3.8) is 0 Å². The van der Waals surface area contributed by atoms with Gasteiger partial charge in [-0.05, 0) is 38.2 Å². The summed E-state index contributed by atoms with van der Waals surface area (Å²) in [6.45, 7) is 1.82. The third-order valence-corrected chi connectivity index (χ3v) is 4.61. The fourth-order valence-electron chi connectivity index (χ4n) is 2.37. The van der Waals surface area contributed by atoms with Crippen LogP contribution in [-0.4, -0.2) is 9.97 Å². The number of halogens is 1. The summed E-state index contributed by atoms with van der Waals surface area (Å²) in [6.07, 6.45) is 4.49. The summed E-state index contributed by atoms with van der Waals surface area (Å²) < 4.78 is 0. The Balaban J connectivity index is 2.31. The highest BCUT2D eigenvalue weighted by atomic mass is 35.5. The second kappa shape index (κ2) is 4.10. The van der Waals surface area contributed by atoms with Gasteiger partial charge in [-0.25, -0.2) is 4.98 Å². The standard InChI is InChI=1S/C12H13ClN2OS/c1-6(13)10-14-11(16)9-7-4-2-3-5-8(7)17-12(9)15-10/h6H,2-5H2,1H3,(H,14,15,16). The maximum Gasteiger partial charge on any atom is 0.259 e. The van der Waals surface area contributed by atoms with Crippen LogP contribution in [0.5, 0.6) is 0 Å². The van der Waals surface area contributed by atoms with Gasteiger partial charge < -0.3 is 4.98 Å². The molecule has 0 saturated carbocycles. The first kappa shape index (κ1) is 11.2. The van der Waals surface area contributed by atoms with Crippen molar-refractivity contribution in [1.29, 1.82) is 0 Å². The molecule has 1 unspecified atom stereocenters. The van der Waals surface area contributed by atoms with Crippen molar-refractivity contribution in [2.75, 3.05) is 0 Å². The van der Waals surface area contributed by atoms with Crippen LogP contribution in [0, 0.1) is 0 Å². The SMILES string of the molecule is CC(Cl)c1nc2sc3c(c2c(=O)[nH]1)CCCC3. The van der Waals surface area contributed by atoms with Gasteiger partial charge in [-0.2, -0.15) is 0 Å². The molecule has 1 aliphatic rings. The number of hydrogen-bond donors (Lipinski definition) is 1. The van der Waals surface area contributed by atoms with E-state index in [1.807, 2.05) is 6.92 Å². The number of H-pyrrole nitrogens is 1. The molecule has 5 heteroatoms. The van der Waals surface area contributed by atoms with Crippen molar-refractivity contribution < 1.29 is 0 Å². The van der Waals surface area contributed by atoms with E-state index in [1.165, 1.54) is 23.3 Å². The molecule has 3 rings (SSSR count). The smallest absolute Gasteiger partial charge is 0.259 e. The number of aryl methyl sites for hydroxylation is 2. The van der Waals surface area contributed by atoms with Crippen LogP contribution in [0.3, 0.4) is 0 Å². The van der Waals surface area contributed by atoms with Crippen LogP contribution < -0.4 is 5.56 Å². The van der Waals surface area contributed by atoms with Gasteiger partial charge in [0.05, 0.1) is 10.8 Å². The summed E-state index contributed by atoms with van der Waals surface area (Å²) >= 11 is 7.63. The van der Waals surface area contributed by atoms with Crippen LogP contribution in [0.2, 0.25) is 0 Å². The Morgan fingerprint density at radius 2 is 2.18 bits per heavy atom. The van der Waals surface area contributed by atoms with Crippen molar-refractivity contribution in [1.82, 2.24) is 9.97 Å². The average Bonchev–Trinajstić information content (AvgIpc) is 2.67. The Hall–Kier alpha value is -0.870. The summed E-state index contributed by atoms with van der Waals surface area (Å²) in [7, 11) is 0. The highest BCUT2D eigenvalue weighted by Crippen LogP contribution is 2.33. The number of hydrogen-bond acceptors (Lipinski definition) is 3. The minimum atomic E-state index is -0.258. The lowest BCUT2D eigenvalue weighted by Crippen LogP contribution is -2.13. The predicted octanol–water partition coefficient (Wildman–Crippen LogP) is 3.16. The molecule has 0 radical (unpaired) electrons. The lowest BCUT2D eigenvalue weighted by atomic mass is 9.97. The predicted molar refractivity (Wildman–Crippen MR) is 71.2 cm³/mol. The largest absolute Gasteiger partial charge is 0.309 e. The van der Waals surface area contributed by atoms with Crippen molar-refractivity contribution >= 4 is 33.2 Å². The first-order valence-corrected chi connectivity index (χ1v) is 7.10. The Labute approximate surface area is 108 Å². The molecule has 2 heterocycles. The van der Waals surface area contributed by atoms with Gasteiger partial charge in [-0.1, -0.05) is 0 Å². The first-order valence-electron chi connectivity index (χ1n) is 5.85. The Morgan fingerprint density at radius 1 is 1.41 bits per heavy atom. The molecule has 0 aromatic carbocycles. The van der Waals surface area contributed by atoms with Crippen molar-refractivity contribution in [2.24, 2.45) is 0 Å². The number of nitrogens with one attached hydrogen (secondary N) is 1. The zero-order valence-electron chi connectivity index (χ0n) is 9.55. The van der Waals surface area contributed by atoms with Gasteiger partial charge in [-0.15, -0.1) is 22.9 Å². The second-order valence-electron chi connectivity index (χ2n) is 4.46. The molecule has 0 spiro atoms. The van der Waals surface area contributed by atoms with Gasteiger partial charge in [0, 0.05) is 4.88 Å². The Kier molecular flexibility index (Phi) is 2.71. The molecule has 2 aromatic heterocycles. The third-order valence-electron chi connectivity index (χ3n) is 3.22. The number of rotatable bonds is 1. The van der Waals surface area contributed by atoms with Crippen LogP contribution in [0.25, 0.3) is 10.2 Å².